The zero-order chi connectivity index (χ0) is 15.1. The van der Waals surface area contributed by atoms with E-state index in [0.717, 1.165) is 34.8 Å². The van der Waals surface area contributed by atoms with Crippen molar-refractivity contribution in [1.82, 2.24) is 0 Å². The number of ether oxygens (including phenoxy) is 1. The SMILES string of the molecule is CCCOc1ccc(C(=O)CSCc2ccco2)cc1C. The lowest BCUT2D eigenvalue weighted by molar-refractivity contribution is 0.102. The van der Waals surface area contributed by atoms with Crippen molar-refractivity contribution < 1.29 is 13.9 Å². The van der Waals surface area contributed by atoms with Crippen LogP contribution in [0.15, 0.2) is 41.0 Å². The number of aryl methyl sites for hydroxylation is 1. The first-order valence-corrected chi connectivity index (χ1v) is 8.23. The van der Waals surface area contributed by atoms with Crippen molar-refractivity contribution in [2.45, 2.75) is 26.0 Å². The van der Waals surface area contributed by atoms with Crippen molar-refractivity contribution in [3.05, 3.63) is 53.5 Å². The Bertz CT molecular complexity index is 576. The van der Waals surface area contributed by atoms with E-state index in [-0.39, 0.29) is 5.78 Å². The largest absolute Gasteiger partial charge is 0.493 e. The molecule has 112 valence electrons. The molecule has 0 unspecified atom stereocenters. The van der Waals surface area contributed by atoms with Crippen molar-refractivity contribution in [2.75, 3.05) is 12.4 Å². The van der Waals surface area contributed by atoms with Crippen LogP contribution in [0.5, 0.6) is 5.75 Å². The zero-order valence-electron chi connectivity index (χ0n) is 12.4. The molecule has 0 aliphatic carbocycles. The summed E-state index contributed by atoms with van der Waals surface area (Å²) in [6.07, 6.45) is 2.62. The topological polar surface area (TPSA) is 39.4 Å². The number of Topliss-reactive ketones (excluding diaryl/α,β-unsaturated/α-hetero) is 1. The Kier molecular flexibility index (Phi) is 5.93. The minimum atomic E-state index is 0.136. The van der Waals surface area contributed by atoms with Gasteiger partial charge in [-0.05, 0) is 49.2 Å². The maximum absolute atomic E-state index is 12.2. The molecule has 0 bridgehead atoms. The minimum Gasteiger partial charge on any atom is -0.493 e. The molecular formula is C17H20O3S. The molecule has 4 heteroatoms. The van der Waals surface area contributed by atoms with Gasteiger partial charge < -0.3 is 9.15 Å². The van der Waals surface area contributed by atoms with Gasteiger partial charge in [0.25, 0.3) is 0 Å². The number of rotatable bonds is 8. The molecule has 0 N–H and O–H groups in total. The molecule has 2 aromatic rings. The Labute approximate surface area is 129 Å². The number of hydrogen-bond acceptors (Lipinski definition) is 4. The lowest BCUT2D eigenvalue weighted by Gasteiger charge is -2.09. The van der Waals surface area contributed by atoms with E-state index in [0.29, 0.717) is 12.4 Å². The number of carbonyl (C=O) groups excluding carboxylic acids is 1. The first-order chi connectivity index (χ1) is 10.2. The van der Waals surface area contributed by atoms with Crippen LogP contribution in [0, 0.1) is 6.92 Å². The van der Waals surface area contributed by atoms with E-state index in [1.807, 2.05) is 37.3 Å². The summed E-state index contributed by atoms with van der Waals surface area (Å²) in [6, 6.07) is 9.40. The van der Waals surface area contributed by atoms with E-state index in [1.54, 1.807) is 18.0 Å². The summed E-state index contributed by atoms with van der Waals surface area (Å²) in [7, 11) is 0. The van der Waals surface area contributed by atoms with Crippen molar-refractivity contribution in [1.29, 1.82) is 0 Å². The molecule has 1 aromatic heterocycles. The highest BCUT2D eigenvalue weighted by molar-refractivity contribution is 7.99. The molecule has 0 aliphatic heterocycles. The summed E-state index contributed by atoms with van der Waals surface area (Å²) in [5, 5.41) is 0. The van der Waals surface area contributed by atoms with Gasteiger partial charge in [-0.3, -0.25) is 4.79 Å². The average Bonchev–Trinajstić information content (AvgIpc) is 2.99. The molecule has 0 saturated carbocycles. The molecule has 1 heterocycles. The third kappa shape index (κ3) is 4.67. The van der Waals surface area contributed by atoms with Gasteiger partial charge >= 0.3 is 0 Å². The molecule has 1 aromatic carbocycles. The predicted molar refractivity (Wildman–Crippen MR) is 86.2 cm³/mol. The van der Waals surface area contributed by atoms with E-state index in [2.05, 4.69) is 6.92 Å². The van der Waals surface area contributed by atoms with Crippen LogP contribution in [0.25, 0.3) is 0 Å². The van der Waals surface area contributed by atoms with E-state index in [1.165, 1.54) is 0 Å². The molecule has 0 amide bonds. The highest BCUT2D eigenvalue weighted by Crippen LogP contribution is 2.21. The number of furan rings is 1. The number of ketones is 1. The number of hydrogen-bond donors (Lipinski definition) is 0. The van der Waals surface area contributed by atoms with E-state index in [9.17, 15) is 4.79 Å². The highest BCUT2D eigenvalue weighted by atomic mass is 32.2. The van der Waals surface area contributed by atoms with E-state index < -0.39 is 0 Å². The standard InChI is InChI=1S/C17H20O3S/c1-3-8-20-17-7-6-14(10-13(17)2)16(18)12-21-11-15-5-4-9-19-15/h4-7,9-10H,3,8,11-12H2,1-2H3. The quantitative estimate of drug-likeness (QED) is 0.673. The molecule has 3 nitrogen and oxygen atoms in total. The Morgan fingerprint density at radius 3 is 2.86 bits per heavy atom. The average molecular weight is 304 g/mol. The summed E-state index contributed by atoms with van der Waals surface area (Å²) in [4.78, 5) is 12.2. The molecule has 0 fully saturated rings. The second-order valence-electron chi connectivity index (χ2n) is 4.82. The molecule has 0 atom stereocenters. The molecule has 0 saturated heterocycles. The van der Waals surface area contributed by atoms with Crippen LogP contribution in [0.3, 0.4) is 0 Å². The van der Waals surface area contributed by atoms with Gasteiger partial charge in [-0.25, -0.2) is 0 Å². The van der Waals surface area contributed by atoms with Crippen LogP contribution in [-0.2, 0) is 5.75 Å². The minimum absolute atomic E-state index is 0.136. The third-order valence-corrected chi connectivity index (χ3v) is 3.97. The van der Waals surface area contributed by atoms with Gasteiger partial charge in [-0.2, -0.15) is 0 Å². The monoisotopic (exact) mass is 304 g/mol. The van der Waals surface area contributed by atoms with Crippen molar-refractivity contribution in [2.24, 2.45) is 0 Å². The summed E-state index contributed by atoms with van der Waals surface area (Å²) >= 11 is 1.56. The Morgan fingerprint density at radius 2 is 2.19 bits per heavy atom. The van der Waals surface area contributed by atoms with Gasteiger partial charge in [0.15, 0.2) is 5.78 Å². The second-order valence-corrected chi connectivity index (χ2v) is 5.81. The van der Waals surface area contributed by atoms with Gasteiger partial charge in [0.05, 0.1) is 24.4 Å². The molecule has 0 spiro atoms. The van der Waals surface area contributed by atoms with Crippen LogP contribution in [0.1, 0.15) is 35.0 Å². The van der Waals surface area contributed by atoms with Gasteiger partial charge in [-0.1, -0.05) is 6.92 Å². The van der Waals surface area contributed by atoms with E-state index in [4.69, 9.17) is 9.15 Å². The van der Waals surface area contributed by atoms with Gasteiger partial charge in [-0.15, -0.1) is 11.8 Å². The van der Waals surface area contributed by atoms with Crippen molar-refractivity contribution in [3.8, 4) is 5.75 Å². The zero-order valence-corrected chi connectivity index (χ0v) is 13.2. The fourth-order valence-electron chi connectivity index (χ4n) is 1.92. The molecule has 0 radical (unpaired) electrons. The smallest absolute Gasteiger partial charge is 0.172 e. The predicted octanol–water partition coefficient (Wildman–Crippen LogP) is 4.49. The second kappa shape index (κ2) is 7.93. The Morgan fingerprint density at radius 1 is 1.33 bits per heavy atom. The summed E-state index contributed by atoms with van der Waals surface area (Å²) in [5.74, 6) is 3.06. The lowest BCUT2D eigenvalue weighted by Crippen LogP contribution is -2.04. The Balaban J connectivity index is 1.88. The van der Waals surface area contributed by atoms with Crippen molar-refractivity contribution >= 4 is 17.5 Å². The van der Waals surface area contributed by atoms with Crippen molar-refractivity contribution in [3.63, 3.8) is 0 Å². The fraction of sp³-hybridized carbons (Fsp3) is 0.353. The van der Waals surface area contributed by atoms with Crippen LogP contribution in [-0.4, -0.2) is 18.1 Å². The first kappa shape index (κ1) is 15.7. The number of carbonyl (C=O) groups is 1. The summed E-state index contributed by atoms with van der Waals surface area (Å²) < 4.78 is 10.9. The van der Waals surface area contributed by atoms with Gasteiger partial charge in [0, 0.05) is 5.56 Å². The molecule has 0 aliphatic rings. The Hall–Kier alpha value is -1.68. The van der Waals surface area contributed by atoms with E-state index >= 15 is 0 Å². The number of thioether (sulfide) groups is 1. The van der Waals surface area contributed by atoms with Crippen LogP contribution in [0.4, 0.5) is 0 Å². The van der Waals surface area contributed by atoms with Gasteiger partial charge in [0.2, 0.25) is 0 Å². The van der Waals surface area contributed by atoms with Crippen LogP contribution >= 0.6 is 11.8 Å². The third-order valence-electron chi connectivity index (χ3n) is 3.02. The van der Waals surface area contributed by atoms with Crippen LogP contribution < -0.4 is 4.74 Å². The maximum atomic E-state index is 12.2. The normalized spacial score (nSPS) is 10.6. The van der Waals surface area contributed by atoms with Crippen LogP contribution in [0.2, 0.25) is 0 Å². The first-order valence-electron chi connectivity index (χ1n) is 7.07. The van der Waals surface area contributed by atoms with Gasteiger partial charge in [0.1, 0.15) is 11.5 Å². The number of benzene rings is 1. The fourth-order valence-corrected chi connectivity index (χ4v) is 2.74. The lowest BCUT2D eigenvalue weighted by atomic mass is 10.1. The molecule has 2 rings (SSSR count). The molecule has 21 heavy (non-hydrogen) atoms. The summed E-state index contributed by atoms with van der Waals surface area (Å²) in [6.45, 7) is 4.74. The highest BCUT2D eigenvalue weighted by Gasteiger charge is 2.09. The summed E-state index contributed by atoms with van der Waals surface area (Å²) in [5.41, 5.74) is 1.74. The maximum Gasteiger partial charge on any atom is 0.172 e. The molecular weight excluding hydrogens is 284 g/mol.